The molecule has 16 heavy (non-hydrogen) atoms. The zero-order chi connectivity index (χ0) is 12.9. The van der Waals surface area contributed by atoms with Gasteiger partial charge < -0.3 is 45.0 Å². The summed E-state index contributed by atoms with van der Waals surface area (Å²) in [5.74, 6) is -4.32. The Bertz CT molecular complexity index is 159. The number of carbonyl (C=O) groups excluding carboxylic acids is 3. The number of carbonyl (C=O) groups is 3. The molecule has 9 nitrogen and oxygen atoms in total. The summed E-state index contributed by atoms with van der Waals surface area (Å²) in [5, 5.41) is 49.5. The van der Waals surface area contributed by atoms with Crippen molar-refractivity contribution in [2.75, 3.05) is 19.8 Å². The molecule has 0 aliphatic heterocycles. The van der Waals surface area contributed by atoms with Gasteiger partial charge in [0, 0.05) is 0 Å². The van der Waals surface area contributed by atoms with E-state index < -0.39 is 37.7 Å². The molecular formula is C6H9O9Y. The summed E-state index contributed by atoms with van der Waals surface area (Å²) in [6, 6.07) is 0. The molecule has 3 N–H and O–H groups in total. The average molecular weight is 314 g/mol. The van der Waals surface area contributed by atoms with Crippen LogP contribution in [-0.4, -0.2) is 53.0 Å². The van der Waals surface area contributed by atoms with Crippen LogP contribution in [0, 0.1) is 0 Å². The van der Waals surface area contributed by atoms with E-state index in [2.05, 4.69) is 0 Å². The Morgan fingerprint density at radius 2 is 0.750 bits per heavy atom. The van der Waals surface area contributed by atoms with Crippen LogP contribution in [0.2, 0.25) is 0 Å². The largest absolute Gasteiger partial charge is 3.00 e. The van der Waals surface area contributed by atoms with Crippen LogP contribution in [0.25, 0.3) is 0 Å². The molecule has 0 heterocycles. The number of carboxylic acid groups (broad SMARTS) is 3. The van der Waals surface area contributed by atoms with Crippen molar-refractivity contribution in [1.82, 2.24) is 0 Å². The van der Waals surface area contributed by atoms with E-state index in [0.29, 0.717) is 0 Å². The van der Waals surface area contributed by atoms with Crippen molar-refractivity contribution < 1.29 is 77.7 Å². The second-order valence-electron chi connectivity index (χ2n) is 1.59. The smallest absolute Gasteiger partial charge is 0.548 e. The Morgan fingerprint density at radius 1 is 0.688 bits per heavy atom. The first kappa shape index (κ1) is 24.6. The normalized spacial score (nSPS) is 6.94. The molecule has 10 heteroatoms. The van der Waals surface area contributed by atoms with Crippen LogP contribution in [0.1, 0.15) is 0 Å². The van der Waals surface area contributed by atoms with E-state index in [-0.39, 0.29) is 32.7 Å². The number of aliphatic hydroxyl groups excluding tert-OH is 3. The summed E-state index contributed by atoms with van der Waals surface area (Å²) in [6.07, 6.45) is 0. The van der Waals surface area contributed by atoms with Gasteiger partial charge >= 0.3 is 32.7 Å². The van der Waals surface area contributed by atoms with Gasteiger partial charge in [0.15, 0.2) is 0 Å². The van der Waals surface area contributed by atoms with Gasteiger partial charge in [-0.2, -0.15) is 0 Å². The third-order valence-corrected chi connectivity index (χ3v) is 0.387. The molecule has 0 radical (unpaired) electrons. The molecule has 0 saturated carbocycles. The summed E-state index contributed by atoms with van der Waals surface area (Å²) < 4.78 is 0. The number of hydrogen-bond donors (Lipinski definition) is 3. The predicted molar refractivity (Wildman–Crippen MR) is 36.3 cm³/mol. The van der Waals surface area contributed by atoms with Crippen LogP contribution in [0.4, 0.5) is 0 Å². The van der Waals surface area contributed by atoms with Crippen LogP contribution >= 0.6 is 0 Å². The number of rotatable bonds is 3. The van der Waals surface area contributed by atoms with E-state index in [1.807, 2.05) is 0 Å². The van der Waals surface area contributed by atoms with E-state index in [1.165, 1.54) is 0 Å². The minimum atomic E-state index is -1.44. The van der Waals surface area contributed by atoms with Crippen LogP contribution < -0.4 is 15.3 Å². The van der Waals surface area contributed by atoms with Crippen LogP contribution in [0.15, 0.2) is 0 Å². The number of carboxylic acids is 3. The van der Waals surface area contributed by atoms with Crippen molar-refractivity contribution >= 4 is 17.9 Å². The van der Waals surface area contributed by atoms with Gasteiger partial charge in [0.05, 0.1) is 37.7 Å². The van der Waals surface area contributed by atoms with Gasteiger partial charge in [-0.05, 0) is 0 Å². The van der Waals surface area contributed by atoms with E-state index >= 15 is 0 Å². The van der Waals surface area contributed by atoms with E-state index in [0.717, 1.165) is 0 Å². The number of hydrogen-bond acceptors (Lipinski definition) is 9. The third-order valence-electron chi connectivity index (χ3n) is 0.387. The summed E-state index contributed by atoms with van der Waals surface area (Å²) >= 11 is 0. The van der Waals surface area contributed by atoms with E-state index in [9.17, 15) is 0 Å². The molecule has 0 aliphatic carbocycles. The first-order chi connectivity index (χ1) is 6.81. The molecular weight excluding hydrogens is 305 g/mol. The predicted octanol–water partition coefficient (Wildman–Crippen LogP) is -6.82. The first-order valence-corrected chi connectivity index (χ1v) is 3.23. The molecule has 0 aliphatic rings. The average Bonchev–Trinajstić information content (AvgIpc) is 2.19. The maximum absolute atomic E-state index is 9.01. The molecule has 0 rings (SSSR count). The van der Waals surface area contributed by atoms with Gasteiger partial charge in [-0.15, -0.1) is 0 Å². The molecule has 0 spiro atoms. The number of aliphatic carboxylic acids is 3. The van der Waals surface area contributed by atoms with Gasteiger partial charge in [0.1, 0.15) is 0 Å². The monoisotopic (exact) mass is 314 g/mol. The van der Waals surface area contributed by atoms with Gasteiger partial charge in [-0.3, -0.25) is 0 Å². The Kier molecular flexibility index (Phi) is 30.5. The third kappa shape index (κ3) is 70.7. The zero-order valence-corrected chi connectivity index (χ0v) is 10.8. The van der Waals surface area contributed by atoms with Gasteiger partial charge in [0.2, 0.25) is 0 Å². The van der Waals surface area contributed by atoms with Crippen molar-refractivity contribution in [3.05, 3.63) is 0 Å². The molecule has 0 aromatic heterocycles. The minimum Gasteiger partial charge on any atom is -0.548 e. The van der Waals surface area contributed by atoms with Crippen LogP contribution in [0.3, 0.4) is 0 Å². The molecule has 0 atom stereocenters. The van der Waals surface area contributed by atoms with Crippen LogP contribution in [0.5, 0.6) is 0 Å². The molecule has 0 amide bonds. The zero-order valence-electron chi connectivity index (χ0n) is 7.99. The topological polar surface area (TPSA) is 181 Å². The van der Waals surface area contributed by atoms with Gasteiger partial charge in [-0.25, -0.2) is 0 Å². The minimum absolute atomic E-state index is 0. The maximum Gasteiger partial charge on any atom is 3.00 e. The van der Waals surface area contributed by atoms with Crippen molar-refractivity contribution in [3.8, 4) is 0 Å². The number of aliphatic hydroxyl groups is 3. The summed E-state index contributed by atoms with van der Waals surface area (Å²) in [7, 11) is 0. The van der Waals surface area contributed by atoms with Crippen molar-refractivity contribution in [1.29, 1.82) is 0 Å². The molecule has 0 bridgehead atoms. The molecule has 0 saturated heterocycles. The molecule has 0 aromatic rings. The summed E-state index contributed by atoms with van der Waals surface area (Å²) in [6.45, 7) is -2.67. The fourth-order valence-electron chi connectivity index (χ4n) is 0. The quantitative estimate of drug-likeness (QED) is 0.456. The Morgan fingerprint density at radius 3 is 0.750 bits per heavy atom. The standard InChI is InChI=1S/3C2H4O3.Y/c3*3-1-2(4)5;/h3*3H,1H2,(H,4,5);/q;;;+3/p-3. The SMILES string of the molecule is O=C([O-])CO.O=C([O-])CO.O=C([O-])CO.[Y+3]. The fourth-order valence-corrected chi connectivity index (χ4v) is 0. The first-order valence-electron chi connectivity index (χ1n) is 3.23. The molecule has 0 aromatic carbocycles. The Balaban J connectivity index is -0.0000000655. The van der Waals surface area contributed by atoms with E-state index in [1.54, 1.807) is 0 Å². The Labute approximate surface area is 115 Å². The van der Waals surface area contributed by atoms with Crippen LogP contribution in [-0.2, 0) is 47.1 Å². The molecule has 0 fully saturated rings. The van der Waals surface area contributed by atoms with Crippen molar-refractivity contribution in [2.45, 2.75) is 0 Å². The summed E-state index contributed by atoms with van der Waals surface area (Å²) in [5.41, 5.74) is 0. The maximum atomic E-state index is 9.01. The van der Waals surface area contributed by atoms with Gasteiger partial charge in [0.25, 0.3) is 0 Å². The molecule has 90 valence electrons. The van der Waals surface area contributed by atoms with E-state index in [4.69, 9.17) is 45.0 Å². The van der Waals surface area contributed by atoms with Crippen molar-refractivity contribution in [3.63, 3.8) is 0 Å². The second-order valence-corrected chi connectivity index (χ2v) is 1.59. The second kappa shape index (κ2) is 19.9. The fraction of sp³-hybridized carbons (Fsp3) is 0.500. The molecule has 0 unspecified atom stereocenters. The van der Waals surface area contributed by atoms with Gasteiger partial charge in [-0.1, -0.05) is 0 Å². The summed E-state index contributed by atoms with van der Waals surface area (Å²) in [4.78, 5) is 27.0. The van der Waals surface area contributed by atoms with Crippen molar-refractivity contribution in [2.24, 2.45) is 0 Å². The Hall–Kier alpha value is -0.606.